The molecule has 12 heteroatoms. The number of esters is 2. The number of nitrogens with zero attached hydrogens (tertiary/aromatic N) is 2. The Hall–Kier alpha value is -3.65. The minimum Gasteiger partial charge on any atom is -0.490 e. The van der Waals surface area contributed by atoms with Gasteiger partial charge in [-0.15, -0.1) is 0 Å². The molecule has 0 spiro atoms. The molecule has 0 unspecified atom stereocenters. The molecule has 1 aliphatic rings. The van der Waals surface area contributed by atoms with Gasteiger partial charge in [0.2, 0.25) is 0 Å². The van der Waals surface area contributed by atoms with Gasteiger partial charge in [0.1, 0.15) is 5.75 Å². The summed E-state index contributed by atoms with van der Waals surface area (Å²) in [6.07, 6.45) is 3.19. The molecule has 2 heterocycles. The van der Waals surface area contributed by atoms with Gasteiger partial charge in [-0.2, -0.15) is 0 Å². The van der Waals surface area contributed by atoms with Gasteiger partial charge in [0.15, 0.2) is 22.9 Å². The Kier molecular flexibility index (Phi) is 9.63. The van der Waals surface area contributed by atoms with Gasteiger partial charge in [-0.05, 0) is 77.9 Å². The second-order valence-corrected chi connectivity index (χ2v) is 10.5. The second-order valence-electron chi connectivity index (χ2n) is 8.30. The third kappa shape index (κ3) is 6.22. The van der Waals surface area contributed by atoms with Crippen LogP contribution in [0.25, 0.3) is 6.08 Å². The summed E-state index contributed by atoms with van der Waals surface area (Å²) in [5.41, 5.74) is 1.31. The van der Waals surface area contributed by atoms with Crippen LogP contribution in [0.15, 0.2) is 58.0 Å². The molecule has 0 bridgehead atoms. The highest BCUT2D eigenvalue weighted by Gasteiger charge is 2.31. The van der Waals surface area contributed by atoms with Gasteiger partial charge < -0.3 is 23.7 Å². The minimum atomic E-state index is -0.782. The Bertz CT molecular complexity index is 1640. The molecule has 0 saturated carbocycles. The molecule has 1 aliphatic heterocycles. The summed E-state index contributed by atoms with van der Waals surface area (Å²) < 4.78 is 29.3. The molecule has 0 fully saturated rings. The Labute approximate surface area is 247 Å². The van der Waals surface area contributed by atoms with Gasteiger partial charge in [-0.3, -0.25) is 9.36 Å². The van der Waals surface area contributed by atoms with Crippen LogP contribution in [0.2, 0.25) is 0 Å². The van der Waals surface area contributed by atoms with Gasteiger partial charge in [0.05, 0.1) is 47.2 Å². The van der Waals surface area contributed by atoms with Crippen LogP contribution in [0, 0.1) is 3.57 Å². The highest BCUT2D eigenvalue weighted by Crippen LogP contribution is 2.35. The van der Waals surface area contributed by atoms with Crippen LogP contribution in [0.1, 0.15) is 31.0 Å². The highest BCUT2D eigenvalue weighted by atomic mass is 127. The summed E-state index contributed by atoms with van der Waals surface area (Å²) in [6.45, 7) is 4.41. The molecule has 210 valence electrons. The lowest BCUT2D eigenvalue weighted by Gasteiger charge is -2.23. The van der Waals surface area contributed by atoms with Gasteiger partial charge >= 0.3 is 11.9 Å². The number of benzene rings is 2. The van der Waals surface area contributed by atoms with E-state index in [1.807, 2.05) is 19.9 Å². The fourth-order valence-corrected chi connectivity index (χ4v) is 5.72. The first kappa shape index (κ1) is 29.3. The van der Waals surface area contributed by atoms with Gasteiger partial charge in [-0.1, -0.05) is 23.5 Å². The number of carbonyl (C=O) groups excluding carboxylic acids is 2. The van der Waals surface area contributed by atoms with E-state index < -0.39 is 18.0 Å². The third-order valence-corrected chi connectivity index (χ3v) is 7.68. The molecule has 4 rings (SSSR count). The number of halogens is 1. The van der Waals surface area contributed by atoms with Crippen molar-refractivity contribution in [2.75, 3.05) is 34.0 Å². The van der Waals surface area contributed by atoms with Crippen molar-refractivity contribution in [3.63, 3.8) is 0 Å². The molecular formula is C28H27IN2O8S. The molecule has 1 atom stereocenters. The first-order valence-electron chi connectivity index (χ1n) is 12.3. The summed E-state index contributed by atoms with van der Waals surface area (Å²) in [5, 5.41) is 0. The molecule has 0 saturated heterocycles. The lowest BCUT2D eigenvalue weighted by Crippen LogP contribution is -2.39. The van der Waals surface area contributed by atoms with Crippen LogP contribution in [-0.4, -0.2) is 50.5 Å². The molecule has 10 nitrogen and oxygen atoms in total. The van der Waals surface area contributed by atoms with Gasteiger partial charge in [0, 0.05) is 6.20 Å². The maximum absolute atomic E-state index is 13.8. The lowest BCUT2D eigenvalue weighted by molar-refractivity contribution is -0.143. The number of fused-ring (bicyclic) bond motifs is 1. The van der Waals surface area contributed by atoms with E-state index >= 15 is 0 Å². The second kappa shape index (κ2) is 13.1. The quantitative estimate of drug-likeness (QED) is 0.238. The maximum Gasteiger partial charge on any atom is 0.343 e. The van der Waals surface area contributed by atoms with Crippen molar-refractivity contribution in [1.82, 2.24) is 4.57 Å². The highest BCUT2D eigenvalue weighted by molar-refractivity contribution is 14.1. The molecule has 2 aromatic carbocycles. The zero-order valence-electron chi connectivity index (χ0n) is 22.3. The number of hydrogen-bond acceptors (Lipinski definition) is 10. The van der Waals surface area contributed by atoms with Crippen molar-refractivity contribution < 1.29 is 33.3 Å². The molecule has 40 heavy (non-hydrogen) atoms. The zero-order valence-corrected chi connectivity index (χ0v) is 25.2. The Morgan fingerprint density at radius 3 is 2.40 bits per heavy atom. The Morgan fingerprint density at radius 2 is 1.73 bits per heavy atom. The summed E-state index contributed by atoms with van der Waals surface area (Å²) in [4.78, 5) is 42.8. The zero-order chi connectivity index (χ0) is 28.8. The van der Waals surface area contributed by atoms with Gasteiger partial charge in [0.25, 0.3) is 5.56 Å². The number of thiazole rings is 1. The van der Waals surface area contributed by atoms with Crippen molar-refractivity contribution in [2.45, 2.75) is 19.9 Å². The van der Waals surface area contributed by atoms with Crippen molar-refractivity contribution in [3.05, 3.63) is 82.6 Å². The average Bonchev–Trinajstić information content (AvgIpc) is 3.27. The fraction of sp³-hybridized carbons (Fsp3) is 0.286. The van der Waals surface area contributed by atoms with E-state index in [1.54, 1.807) is 36.4 Å². The summed E-state index contributed by atoms with van der Waals surface area (Å²) in [7, 11) is 2.58. The molecule has 0 aliphatic carbocycles. The lowest BCUT2D eigenvalue weighted by atomic mass is 9.97. The third-order valence-electron chi connectivity index (χ3n) is 5.83. The topological polar surface area (TPSA) is 115 Å². The number of hydrogen-bond donors (Lipinski definition) is 0. The smallest absolute Gasteiger partial charge is 0.343 e. The number of methoxy groups -OCH3 is 2. The first-order valence-corrected chi connectivity index (χ1v) is 14.2. The predicted octanol–water partition coefficient (Wildman–Crippen LogP) is 2.97. The van der Waals surface area contributed by atoms with E-state index in [1.165, 1.54) is 36.3 Å². The minimum absolute atomic E-state index is 0.205. The average molecular weight is 679 g/mol. The van der Waals surface area contributed by atoms with E-state index in [0.717, 1.165) is 9.13 Å². The molecule has 3 aromatic rings. The van der Waals surface area contributed by atoms with E-state index in [-0.39, 0.29) is 17.7 Å². The Balaban J connectivity index is 1.79. The SMILES string of the molecule is CCOc1ccc([C@@H]2C(C(=O)OC)=CN=c3s/c(=C\c4ccc(OCC(=O)OC)c(I)c4)c(=O)n32)cc1OCC. The van der Waals surface area contributed by atoms with Crippen LogP contribution < -0.4 is 29.1 Å². The fourth-order valence-electron chi connectivity index (χ4n) is 4.06. The summed E-state index contributed by atoms with van der Waals surface area (Å²) in [5.74, 6) is 0.523. The first-order chi connectivity index (χ1) is 19.3. The molecule has 0 N–H and O–H groups in total. The van der Waals surface area contributed by atoms with Crippen molar-refractivity contribution in [1.29, 1.82) is 0 Å². The van der Waals surface area contributed by atoms with Crippen molar-refractivity contribution in [2.24, 2.45) is 4.99 Å². The van der Waals surface area contributed by atoms with E-state index in [2.05, 4.69) is 32.3 Å². The molecule has 0 amide bonds. The van der Waals surface area contributed by atoms with E-state index in [0.29, 0.717) is 45.4 Å². The maximum atomic E-state index is 13.8. The van der Waals surface area contributed by atoms with Crippen LogP contribution in [0.4, 0.5) is 0 Å². The van der Waals surface area contributed by atoms with Crippen LogP contribution in [0.3, 0.4) is 0 Å². The van der Waals surface area contributed by atoms with E-state index in [4.69, 9.17) is 18.9 Å². The van der Waals surface area contributed by atoms with Crippen LogP contribution >= 0.6 is 33.9 Å². The number of ether oxygens (including phenoxy) is 5. The number of rotatable bonds is 10. The van der Waals surface area contributed by atoms with Crippen molar-refractivity contribution >= 4 is 51.9 Å². The van der Waals surface area contributed by atoms with E-state index in [9.17, 15) is 14.4 Å². The summed E-state index contributed by atoms with van der Waals surface area (Å²) >= 11 is 3.31. The summed E-state index contributed by atoms with van der Waals surface area (Å²) in [6, 6.07) is 9.90. The number of carbonyl (C=O) groups is 2. The van der Waals surface area contributed by atoms with Crippen LogP contribution in [-0.2, 0) is 19.1 Å². The monoisotopic (exact) mass is 678 g/mol. The molecule has 0 radical (unpaired) electrons. The molecular weight excluding hydrogens is 651 g/mol. The Morgan fingerprint density at radius 1 is 1.00 bits per heavy atom. The number of aromatic nitrogens is 1. The van der Waals surface area contributed by atoms with Crippen molar-refractivity contribution in [3.8, 4) is 17.2 Å². The standard InChI is InChI=1S/C28H27IN2O8S/c1-5-37-21-10-8-17(13-22(21)38-6-2)25-18(27(34)36-4)14-30-28-31(25)26(33)23(40-28)12-16-7-9-20(19(29)11-16)39-15-24(32)35-3/h7-14,25H,5-6,15H2,1-4H3/b23-12-/t25-/m1/s1. The molecule has 1 aromatic heterocycles. The predicted molar refractivity (Wildman–Crippen MR) is 157 cm³/mol. The normalized spacial score (nSPS) is 14.5. The van der Waals surface area contributed by atoms with Crippen LogP contribution in [0.5, 0.6) is 17.2 Å². The largest absolute Gasteiger partial charge is 0.490 e. The van der Waals surface area contributed by atoms with Gasteiger partial charge in [-0.25, -0.2) is 14.6 Å².